The first kappa shape index (κ1) is 20.7. The number of para-hydroxylation sites is 1. The molecule has 0 radical (unpaired) electrons. The normalized spacial score (nSPS) is 15.8. The number of rotatable bonds is 6. The van der Waals surface area contributed by atoms with Crippen LogP contribution in [-0.4, -0.2) is 50.6 Å². The fourth-order valence-electron chi connectivity index (χ4n) is 3.37. The highest BCUT2D eigenvalue weighted by Gasteiger charge is 2.21. The molecule has 1 aliphatic heterocycles. The lowest BCUT2D eigenvalue weighted by Gasteiger charge is -2.26. The molecule has 0 aromatic heterocycles. The molecule has 0 spiro atoms. The summed E-state index contributed by atoms with van der Waals surface area (Å²) in [6.07, 6.45) is 0.991. The molecule has 2 N–H and O–H groups in total. The van der Waals surface area contributed by atoms with E-state index in [0.717, 1.165) is 43.4 Å². The number of guanidine groups is 1. The van der Waals surface area contributed by atoms with Crippen molar-refractivity contribution in [2.75, 3.05) is 33.8 Å². The van der Waals surface area contributed by atoms with Gasteiger partial charge in [0.1, 0.15) is 5.75 Å². The van der Waals surface area contributed by atoms with Gasteiger partial charge in [-0.1, -0.05) is 30.3 Å². The van der Waals surface area contributed by atoms with Gasteiger partial charge in [0.05, 0.1) is 13.2 Å². The molecule has 6 nitrogen and oxygen atoms in total. The Morgan fingerprint density at radius 2 is 1.90 bits per heavy atom. The van der Waals surface area contributed by atoms with Crippen molar-refractivity contribution < 1.29 is 9.53 Å². The van der Waals surface area contributed by atoms with Crippen molar-refractivity contribution in [1.82, 2.24) is 15.5 Å². The van der Waals surface area contributed by atoms with E-state index in [-0.39, 0.29) is 5.91 Å². The maximum absolute atomic E-state index is 12.0. The van der Waals surface area contributed by atoms with Crippen LogP contribution in [0, 0.1) is 0 Å². The van der Waals surface area contributed by atoms with Crippen LogP contribution in [0.2, 0.25) is 0 Å². The lowest BCUT2D eigenvalue weighted by Crippen LogP contribution is -2.40. The maximum atomic E-state index is 12.0. The molecule has 1 unspecified atom stereocenters. The predicted molar refractivity (Wildman–Crippen MR) is 117 cm³/mol. The highest BCUT2D eigenvalue weighted by molar-refractivity contribution is 5.93. The highest BCUT2D eigenvalue weighted by Crippen LogP contribution is 2.32. The van der Waals surface area contributed by atoms with Gasteiger partial charge < -0.3 is 20.3 Å². The smallest absolute Gasteiger partial charge is 0.253 e. The summed E-state index contributed by atoms with van der Waals surface area (Å²) >= 11 is 0. The van der Waals surface area contributed by atoms with Crippen molar-refractivity contribution in [2.45, 2.75) is 25.8 Å². The fraction of sp³-hybridized carbons (Fsp3) is 0.391. The minimum atomic E-state index is 0.00630. The van der Waals surface area contributed by atoms with E-state index in [0.29, 0.717) is 18.0 Å². The molecule has 1 heterocycles. The summed E-state index contributed by atoms with van der Waals surface area (Å²) in [5.74, 6) is 2.19. The van der Waals surface area contributed by atoms with Crippen LogP contribution < -0.4 is 15.4 Å². The van der Waals surface area contributed by atoms with Crippen LogP contribution in [0.1, 0.15) is 40.7 Å². The molecular formula is C23H30N4O2. The number of fused-ring (bicyclic) bond motifs is 1. The molecule has 2 aromatic carbocycles. The third-order valence-electron chi connectivity index (χ3n) is 4.97. The van der Waals surface area contributed by atoms with Crippen LogP contribution in [0.4, 0.5) is 0 Å². The Morgan fingerprint density at radius 1 is 1.14 bits per heavy atom. The molecular weight excluding hydrogens is 364 g/mol. The van der Waals surface area contributed by atoms with E-state index in [9.17, 15) is 4.79 Å². The van der Waals surface area contributed by atoms with E-state index in [2.05, 4.69) is 29.7 Å². The molecule has 1 amide bonds. The van der Waals surface area contributed by atoms with Crippen LogP contribution in [0.25, 0.3) is 0 Å². The molecule has 154 valence electrons. The number of amides is 1. The monoisotopic (exact) mass is 394 g/mol. The van der Waals surface area contributed by atoms with Crippen LogP contribution in [0.3, 0.4) is 0 Å². The van der Waals surface area contributed by atoms with E-state index in [1.165, 1.54) is 5.56 Å². The van der Waals surface area contributed by atoms with E-state index >= 15 is 0 Å². The molecule has 2 aromatic rings. The summed E-state index contributed by atoms with van der Waals surface area (Å²) in [4.78, 5) is 18.3. The van der Waals surface area contributed by atoms with Gasteiger partial charge >= 0.3 is 0 Å². The second-order valence-corrected chi connectivity index (χ2v) is 7.34. The van der Waals surface area contributed by atoms with Crippen molar-refractivity contribution in [3.63, 3.8) is 0 Å². The predicted octanol–water partition coefficient (Wildman–Crippen LogP) is 3.01. The van der Waals surface area contributed by atoms with Gasteiger partial charge in [0.25, 0.3) is 5.91 Å². The Morgan fingerprint density at radius 3 is 2.62 bits per heavy atom. The maximum Gasteiger partial charge on any atom is 0.253 e. The van der Waals surface area contributed by atoms with Gasteiger partial charge in [-0.25, -0.2) is 4.99 Å². The second-order valence-electron chi connectivity index (χ2n) is 7.34. The molecule has 0 fully saturated rings. The van der Waals surface area contributed by atoms with E-state index in [1.54, 1.807) is 19.0 Å². The second kappa shape index (κ2) is 9.96. The molecule has 0 saturated heterocycles. The number of hydrogen-bond acceptors (Lipinski definition) is 3. The average Bonchev–Trinajstić information content (AvgIpc) is 2.75. The van der Waals surface area contributed by atoms with Gasteiger partial charge in [-0.15, -0.1) is 0 Å². The lowest BCUT2D eigenvalue weighted by atomic mass is 9.93. The number of benzene rings is 2. The van der Waals surface area contributed by atoms with Crippen LogP contribution >= 0.6 is 0 Å². The number of hydrogen-bond donors (Lipinski definition) is 2. The van der Waals surface area contributed by atoms with E-state index < -0.39 is 0 Å². The molecule has 3 rings (SSSR count). The zero-order valence-corrected chi connectivity index (χ0v) is 17.4. The summed E-state index contributed by atoms with van der Waals surface area (Å²) in [7, 11) is 3.51. The van der Waals surface area contributed by atoms with E-state index in [1.807, 2.05) is 36.4 Å². The van der Waals surface area contributed by atoms with Crippen molar-refractivity contribution in [1.29, 1.82) is 0 Å². The third-order valence-corrected chi connectivity index (χ3v) is 4.97. The molecule has 0 saturated carbocycles. The number of nitrogens with zero attached hydrogens (tertiary/aromatic N) is 2. The highest BCUT2D eigenvalue weighted by atomic mass is 16.5. The first-order valence-corrected chi connectivity index (χ1v) is 10.1. The Kier molecular flexibility index (Phi) is 7.11. The molecule has 29 heavy (non-hydrogen) atoms. The molecule has 6 heteroatoms. The summed E-state index contributed by atoms with van der Waals surface area (Å²) in [5, 5.41) is 6.78. The van der Waals surface area contributed by atoms with Gasteiger partial charge in [0, 0.05) is 38.7 Å². The first-order valence-electron chi connectivity index (χ1n) is 10.1. The van der Waals surface area contributed by atoms with Gasteiger partial charge in [-0.3, -0.25) is 4.79 Å². The number of carbonyl (C=O) groups is 1. The topological polar surface area (TPSA) is 66.0 Å². The summed E-state index contributed by atoms with van der Waals surface area (Å²) < 4.78 is 5.75. The van der Waals surface area contributed by atoms with Gasteiger partial charge in [0.15, 0.2) is 5.96 Å². The number of carbonyl (C=O) groups excluding carboxylic acids is 1. The summed E-state index contributed by atoms with van der Waals surface area (Å²) in [5.41, 5.74) is 3.00. The lowest BCUT2D eigenvalue weighted by molar-refractivity contribution is 0.0827. The van der Waals surface area contributed by atoms with E-state index in [4.69, 9.17) is 9.73 Å². The Hall–Kier alpha value is -3.02. The average molecular weight is 395 g/mol. The quantitative estimate of drug-likeness (QED) is 0.584. The van der Waals surface area contributed by atoms with Crippen LogP contribution in [0.5, 0.6) is 5.75 Å². The van der Waals surface area contributed by atoms with Gasteiger partial charge in [-0.05, 0) is 42.7 Å². The van der Waals surface area contributed by atoms with Crippen LogP contribution in [0.15, 0.2) is 53.5 Å². The van der Waals surface area contributed by atoms with Crippen LogP contribution in [-0.2, 0) is 6.54 Å². The van der Waals surface area contributed by atoms with Crippen molar-refractivity contribution >= 4 is 11.9 Å². The standard InChI is InChI=1S/C23H30N4O2/c1-4-24-23(25-15-17-9-11-18(12-10-17)22(28)27(2)3)26-16-19-13-14-29-21-8-6-5-7-20(19)21/h5-12,19H,4,13-16H2,1-3H3,(H2,24,25,26). The molecule has 1 aliphatic rings. The van der Waals surface area contributed by atoms with Crippen molar-refractivity contribution in [3.8, 4) is 5.75 Å². The van der Waals surface area contributed by atoms with Gasteiger partial charge in [-0.2, -0.15) is 0 Å². The molecule has 0 bridgehead atoms. The largest absolute Gasteiger partial charge is 0.493 e. The van der Waals surface area contributed by atoms with Crippen molar-refractivity contribution in [2.24, 2.45) is 4.99 Å². The summed E-state index contributed by atoms with van der Waals surface area (Å²) in [6.45, 7) is 4.96. The van der Waals surface area contributed by atoms with Gasteiger partial charge in [0.2, 0.25) is 0 Å². The zero-order chi connectivity index (χ0) is 20.6. The number of nitrogens with one attached hydrogen (secondary N) is 2. The SMILES string of the molecule is CCNC(=NCc1ccc(C(=O)N(C)C)cc1)NCC1CCOc2ccccc21. The Bertz CT molecular complexity index is 846. The minimum Gasteiger partial charge on any atom is -0.493 e. The zero-order valence-electron chi connectivity index (χ0n) is 17.4. The number of aliphatic imine (C=N–C) groups is 1. The van der Waals surface area contributed by atoms with Crippen molar-refractivity contribution in [3.05, 3.63) is 65.2 Å². The third kappa shape index (κ3) is 5.50. The molecule has 0 aliphatic carbocycles. The fourth-order valence-corrected chi connectivity index (χ4v) is 3.37. The molecule has 1 atom stereocenters. The summed E-state index contributed by atoms with van der Waals surface area (Å²) in [6, 6.07) is 15.9. The Labute approximate surface area is 173 Å². The Balaban J connectivity index is 1.61. The minimum absolute atomic E-state index is 0.00630. The number of ether oxygens (including phenoxy) is 1. The first-order chi connectivity index (χ1) is 14.1.